The van der Waals surface area contributed by atoms with Crippen molar-refractivity contribution in [2.24, 2.45) is 11.7 Å². The highest BCUT2D eigenvalue weighted by Gasteiger charge is 2.25. The van der Waals surface area contributed by atoms with E-state index in [1.165, 1.54) is 12.8 Å². The van der Waals surface area contributed by atoms with Gasteiger partial charge in [0, 0.05) is 19.2 Å². The maximum Gasteiger partial charge on any atom is 0.253 e. The molecule has 0 unspecified atom stereocenters. The molecule has 2 rings (SSSR count). The number of carbonyl (C=O) groups excluding carboxylic acids is 1. The van der Waals surface area contributed by atoms with Crippen LogP contribution in [0.1, 0.15) is 28.8 Å². The molecule has 17 heavy (non-hydrogen) atoms. The highest BCUT2D eigenvalue weighted by Crippen LogP contribution is 2.29. The molecule has 1 aliphatic carbocycles. The molecule has 92 valence electrons. The number of nitrogens with two attached hydrogens (primary N) is 1. The summed E-state index contributed by atoms with van der Waals surface area (Å²) >= 11 is 0. The van der Waals surface area contributed by atoms with Crippen molar-refractivity contribution in [2.45, 2.75) is 19.3 Å². The first kappa shape index (κ1) is 12.1. The number of hydrogen-bond acceptors (Lipinski definition) is 2. The number of carbonyl (C=O) groups is 1. The fourth-order valence-corrected chi connectivity index (χ4v) is 2.08. The molecular formula is C14H20N2O. The van der Waals surface area contributed by atoms with Crippen LogP contribution < -0.4 is 5.73 Å². The Morgan fingerprint density at radius 3 is 2.76 bits per heavy atom. The number of amides is 1. The Labute approximate surface area is 103 Å². The highest BCUT2D eigenvalue weighted by atomic mass is 16.2. The lowest BCUT2D eigenvalue weighted by atomic mass is 10.0. The first-order chi connectivity index (χ1) is 8.22. The van der Waals surface area contributed by atoms with Crippen LogP contribution in [0.5, 0.6) is 0 Å². The molecule has 0 atom stereocenters. The van der Waals surface area contributed by atoms with Gasteiger partial charge in [-0.15, -0.1) is 0 Å². The van der Waals surface area contributed by atoms with E-state index in [1.807, 2.05) is 36.2 Å². The van der Waals surface area contributed by atoms with Gasteiger partial charge >= 0.3 is 0 Å². The fraction of sp³-hybridized carbons (Fsp3) is 0.500. The second-order valence-corrected chi connectivity index (χ2v) is 4.82. The van der Waals surface area contributed by atoms with Crippen molar-refractivity contribution in [1.82, 2.24) is 4.90 Å². The van der Waals surface area contributed by atoms with Crippen molar-refractivity contribution in [1.29, 1.82) is 0 Å². The SMILES string of the molecule is CN(CC1CC1)C(=O)c1ccccc1CCN. The van der Waals surface area contributed by atoms with Gasteiger partial charge in [0.2, 0.25) is 0 Å². The molecule has 0 saturated heterocycles. The van der Waals surface area contributed by atoms with Crippen LogP contribution in [0.2, 0.25) is 0 Å². The fourth-order valence-electron chi connectivity index (χ4n) is 2.08. The molecule has 0 aromatic heterocycles. The van der Waals surface area contributed by atoms with Crippen LogP contribution in [-0.4, -0.2) is 30.9 Å². The predicted molar refractivity (Wildman–Crippen MR) is 68.9 cm³/mol. The van der Waals surface area contributed by atoms with Gasteiger partial charge in [0.05, 0.1) is 0 Å². The van der Waals surface area contributed by atoms with E-state index in [0.29, 0.717) is 6.54 Å². The van der Waals surface area contributed by atoms with E-state index in [-0.39, 0.29) is 5.91 Å². The Bertz CT molecular complexity index is 399. The molecule has 1 aliphatic rings. The maximum atomic E-state index is 12.3. The summed E-state index contributed by atoms with van der Waals surface area (Å²) in [7, 11) is 1.89. The average molecular weight is 232 g/mol. The van der Waals surface area contributed by atoms with Gasteiger partial charge in [-0.2, -0.15) is 0 Å². The summed E-state index contributed by atoms with van der Waals surface area (Å²) in [4.78, 5) is 14.1. The molecule has 1 amide bonds. The minimum absolute atomic E-state index is 0.126. The summed E-state index contributed by atoms with van der Waals surface area (Å²) < 4.78 is 0. The second-order valence-electron chi connectivity index (χ2n) is 4.82. The Balaban J connectivity index is 2.10. The van der Waals surface area contributed by atoms with E-state index in [1.54, 1.807) is 0 Å². The van der Waals surface area contributed by atoms with Crippen molar-refractivity contribution in [3.05, 3.63) is 35.4 Å². The second kappa shape index (κ2) is 5.32. The molecule has 1 saturated carbocycles. The van der Waals surface area contributed by atoms with Crippen molar-refractivity contribution in [3.63, 3.8) is 0 Å². The van der Waals surface area contributed by atoms with E-state index >= 15 is 0 Å². The van der Waals surface area contributed by atoms with Gasteiger partial charge in [0.15, 0.2) is 0 Å². The molecule has 0 spiro atoms. The molecule has 0 heterocycles. The van der Waals surface area contributed by atoms with Crippen LogP contribution in [0.25, 0.3) is 0 Å². The summed E-state index contributed by atoms with van der Waals surface area (Å²) in [6.07, 6.45) is 3.29. The lowest BCUT2D eigenvalue weighted by Crippen LogP contribution is -2.29. The van der Waals surface area contributed by atoms with Crippen molar-refractivity contribution in [2.75, 3.05) is 20.1 Å². The molecule has 3 nitrogen and oxygen atoms in total. The van der Waals surface area contributed by atoms with Crippen LogP contribution in [0, 0.1) is 5.92 Å². The van der Waals surface area contributed by atoms with Crippen LogP contribution in [0.3, 0.4) is 0 Å². The Morgan fingerprint density at radius 2 is 2.12 bits per heavy atom. The van der Waals surface area contributed by atoms with Crippen molar-refractivity contribution >= 4 is 5.91 Å². The molecule has 1 fully saturated rings. The highest BCUT2D eigenvalue weighted by molar-refractivity contribution is 5.95. The topological polar surface area (TPSA) is 46.3 Å². The summed E-state index contributed by atoms with van der Waals surface area (Å²) in [5, 5.41) is 0. The molecule has 1 aromatic carbocycles. The summed E-state index contributed by atoms with van der Waals surface area (Å²) in [5.74, 6) is 0.853. The minimum Gasteiger partial charge on any atom is -0.341 e. The minimum atomic E-state index is 0.126. The summed E-state index contributed by atoms with van der Waals surface area (Å²) in [5.41, 5.74) is 7.44. The summed E-state index contributed by atoms with van der Waals surface area (Å²) in [6.45, 7) is 1.46. The van der Waals surface area contributed by atoms with Gasteiger partial charge in [0.25, 0.3) is 5.91 Å². The monoisotopic (exact) mass is 232 g/mol. The molecule has 0 radical (unpaired) electrons. The largest absolute Gasteiger partial charge is 0.341 e. The van der Waals surface area contributed by atoms with Gasteiger partial charge in [-0.05, 0) is 43.4 Å². The number of nitrogens with zero attached hydrogens (tertiary/aromatic N) is 1. The Hall–Kier alpha value is -1.35. The standard InChI is InChI=1S/C14H20N2O/c1-16(10-11-6-7-11)14(17)13-5-3-2-4-12(13)8-9-15/h2-5,11H,6-10,15H2,1H3. The van der Waals surface area contributed by atoms with E-state index in [2.05, 4.69) is 0 Å². The molecule has 2 N–H and O–H groups in total. The average Bonchev–Trinajstić information content (AvgIpc) is 3.13. The lowest BCUT2D eigenvalue weighted by molar-refractivity contribution is 0.0787. The van der Waals surface area contributed by atoms with Gasteiger partial charge in [0.1, 0.15) is 0 Å². The smallest absolute Gasteiger partial charge is 0.253 e. The number of benzene rings is 1. The zero-order valence-corrected chi connectivity index (χ0v) is 10.4. The number of hydrogen-bond donors (Lipinski definition) is 1. The van der Waals surface area contributed by atoms with Crippen LogP contribution in [-0.2, 0) is 6.42 Å². The number of rotatable bonds is 5. The van der Waals surface area contributed by atoms with Crippen LogP contribution in [0.4, 0.5) is 0 Å². The molecule has 0 aliphatic heterocycles. The first-order valence-electron chi connectivity index (χ1n) is 6.26. The van der Waals surface area contributed by atoms with Gasteiger partial charge in [-0.25, -0.2) is 0 Å². The summed E-state index contributed by atoms with van der Waals surface area (Å²) in [6, 6.07) is 7.77. The van der Waals surface area contributed by atoms with E-state index in [4.69, 9.17) is 5.73 Å². The third kappa shape index (κ3) is 3.07. The Kier molecular flexibility index (Phi) is 3.79. The molecular weight excluding hydrogens is 212 g/mol. The Morgan fingerprint density at radius 1 is 1.41 bits per heavy atom. The van der Waals surface area contributed by atoms with Crippen molar-refractivity contribution in [3.8, 4) is 0 Å². The van der Waals surface area contributed by atoms with Crippen LogP contribution >= 0.6 is 0 Å². The molecule has 3 heteroatoms. The van der Waals surface area contributed by atoms with Gasteiger partial charge in [-0.1, -0.05) is 18.2 Å². The normalized spacial score (nSPS) is 14.7. The molecule has 0 bridgehead atoms. The zero-order valence-electron chi connectivity index (χ0n) is 10.4. The molecule has 1 aromatic rings. The first-order valence-corrected chi connectivity index (χ1v) is 6.26. The third-order valence-electron chi connectivity index (χ3n) is 3.24. The van der Waals surface area contributed by atoms with E-state index in [0.717, 1.165) is 30.0 Å². The maximum absolute atomic E-state index is 12.3. The van der Waals surface area contributed by atoms with E-state index in [9.17, 15) is 4.79 Å². The quantitative estimate of drug-likeness (QED) is 0.839. The van der Waals surface area contributed by atoms with Crippen molar-refractivity contribution < 1.29 is 4.79 Å². The van der Waals surface area contributed by atoms with Gasteiger partial charge in [-0.3, -0.25) is 4.79 Å². The van der Waals surface area contributed by atoms with Gasteiger partial charge < -0.3 is 10.6 Å². The third-order valence-corrected chi connectivity index (χ3v) is 3.24. The van der Waals surface area contributed by atoms with Crippen LogP contribution in [0.15, 0.2) is 24.3 Å². The predicted octanol–water partition coefficient (Wildman–Crippen LogP) is 1.67. The van der Waals surface area contributed by atoms with E-state index < -0.39 is 0 Å². The zero-order chi connectivity index (χ0) is 12.3. The lowest BCUT2D eigenvalue weighted by Gasteiger charge is -2.18.